The molecule has 0 saturated heterocycles. The molecule has 0 spiro atoms. The quantitative estimate of drug-likeness (QED) is 0.457. The molecule has 4 rings (SSSR count). The van der Waals surface area contributed by atoms with E-state index in [9.17, 15) is 10.1 Å². The summed E-state index contributed by atoms with van der Waals surface area (Å²) in [5.41, 5.74) is 1.97. The predicted molar refractivity (Wildman–Crippen MR) is 119 cm³/mol. The Hall–Kier alpha value is -2.93. The minimum absolute atomic E-state index is 0.209. The SMILES string of the molecule is N#C[C@]1(c2ccccn2)[C@H](c2ccc(Cl)cc2)CC=C(C=O)[C@H]1c1ccc(Cl)cc1. The van der Waals surface area contributed by atoms with Crippen LogP contribution in [0.15, 0.2) is 84.6 Å². The third kappa shape index (κ3) is 3.43. The van der Waals surface area contributed by atoms with E-state index in [1.54, 1.807) is 18.3 Å². The Labute approximate surface area is 185 Å². The van der Waals surface area contributed by atoms with Crippen LogP contribution in [0.2, 0.25) is 10.0 Å². The fraction of sp³-hybridized carbons (Fsp3) is 0.160. The summed E-state index contributed by atoms with van der Waals surface area (Å²) in [5.74, 6) is -0.694. The van der Waals surface area contributed by atoms with Crippen molar-refractivity contribution < 1.29 is 4.79 Å². The van der Waals surface area contributed by atoms with Gasteiger partial charge in [-0.05, 0) is 59.5 Å². The molecule has 3 atom stereocenters. The summed E-state index contributed by atoms with van der Waals surface area (Å²) in [7, 11) is 0. The van der Waals surface area contributed by atoms with Gasteiger partial charge in [0.15, 0.2) is 0 Å². The Morgan fingerprint density at radius 2 is 1.60 bits per heavy atom. The average Bonchev–Trinajstić information content (AvgIpc) is 2.80. The van der Waals surface area contributed by atoms with Crippen molar-refractivity contribution in [3.05, 3.63) is 111 Å². The first kappa shape index (κ1) is 20.3. The zero-order valence-corrected chi connectivity index (χ0v) is 17.5. The summed E-state index contributed by atoms with van der Waals surface area (Å²) in [6.45, 7) is 0. The van der Waals surface area contributed by atoms with Crippen LogP contribution in [0.25, 0.3) is 0 Å². The van der Waals surface area contributed by atoms with Crippen LogP contribution >= 0.6 is 23.2 Å². The second-order valence-corrected chi connectivity index (χ2v) is 8.22. The van der Waals surface area contributed by atoms with Gasteiger partial charge in [-0.15, -0.1) is 0 Å². The van der Waals surface area contributed by atoms with E-state index in [-0.39, 0.29) is 5.92 Å². The number of aromatic nitrogens is 1. The maximum Gasteiger partial charge on any atom is 0.146 e. The van der Waals surface area contributed by atoms with Crippen molar-refractivity contribution in [2.45, 2.75) is 23.7 Å². The second-order valence-electron chi connectivity index (χ2n) is 7.34. The van der Waals surface area contributed by atoms with Crippen LogP contribution in [0.5, 0.6) is 0 Å². The van der Waals surface area contributed by atoms with Gasteiger partial charge in [-0.2, -0.15) is 5.26 Å². The summed E-state index contributed by atoms with van der Waals surface area (Å²) in [4.78, 5) is 16.7. The van der Waals surface area contributed by atoms with E-state index in [0.717, 1.165) is 17.4 Å². The molecule has 0 aliphatic heterocycles. The van der Waals surface area contributed by atoms with Crippen molar-refractivity contribution in [1.29, 1.82) is 5.26 Å². The summed E-state index contributed by atoms with van der Waals surface area (Å²) in [6, 6.07) is 23.0. The van der Waals surface area contributed by atoms with Crippen LogP contribution in [0.4, 0.5) is 0 Å². The summed E-state index contributed by atoms with van der Waals surface area (Å²) in [6.07, 6.45) is 5.02. The van der Waals surface area contributed by atoms with Crippen LogP contribution in [-0.2, 0) is 10.2 Å². The molecule has 0 radical (unpaired) electrons. The van der Waals surface area contributed by atoms with Crippen LogP contribution in [0, 0.1) is 11.3 Å². The second kappa shape index (κ2) is 8.44. The number of rotatable bonds is 4. The third-order valence-electron chi connectivity index (χ3n) is 5.81. The lowest BCUT2D eigenvalue weighted by Crippen LogP contribution is -2.43. The first-order valence-corrected chi connectivity index (χ1v) is 10.3. The third-order valence-corrected chi connectivity index (χ3v) is 6.32. The van der Waals surface area contributed by atoms with Crippen molar-refractivity contribution >= 4 is 29.5 Å². The Kier molecular flexibility index (Phi) is 5.72. The monoisotopic (exact) mass is 432 g/mol. The van der Waals surface area contributed by atoms with Gasteiger partial charge in [0.25, 0.3) is 0 Å². The van der Waals surface area contributed by atoms with Crippen molar-refractivity contribution in [2.24, 2.45) is 0 Å². The number of carbonyl (C=O) groups excluding carboxylic acids is 1. The molecule has 0 N–H and O–H groups in total. The molecule has 0 bridgehead atoms. The largest absolute Gasteiger partial charge is 0.298 e. The molecule has 2 aromatic carbocycles. The number of nitriles is 1. The number of nitrogens with zero attached hydrogens (tertiary/aromatic N) is 2. The Balaban J connectivity index is 2.01. The van der Waals surface area contributed by atoms with E-state index in [4.69, 9.17) is 23.2 Å². The lowest BCUT2D eigenvalue weighted by atomic mass is 9.55. The molecule has 5 heteroatoms. The van der Waals surface area contributed by atoms with Gasteiger partial charge < -0.3 is 0 Å². The number of aldehydes is 1. The molecule has 0 amide bonds. The van der Waals surface area contributed by atoms with E-state index in [1.165, 1.54) is 0 Å². The Morgan fingerprint density at radius 1 is 0.967 bits per heavy atom. The highest BCUT2D eigenvalue weighted by Crippen LogP contribution is 2.55. The Morgan fingerprint density at radius 3 is 2.13 bits per heavy atom. The lowest BCUT2D eigenvalue weighted by Gasteiger charge is -2.44. The molecule has 0 unspecified atom stereocenters. The summed E-state index contributed by atoms with van der Waals surface area (Å²) >= 11 is 12.2. The van der Waals surface area contributed by atoms with E-state index >= 15 is 0 Å². The number of hydrogen-bond donors (Lipinski definition) is 0. The molecule has 3 nitrogen and oxygen atoms in total. The maximum absolute atomic E-state index is 12.1. The van der Waals surface area contributed by atoms with Crippen LogP contribution < -0.4 is 0 Å². The van der Waals surface area contributed by atoms with Gasteiger partial charge >= 0.3 is 0 Å². The fourth-order valence-corrected chi connectivity index (χ4v) is 4.73. The van der Waals surface area contributed by atoms with Gasteiger partial charge in [-0.3, -0.25) is 9.78 Å². The fourth-order valence-electron chi connectivity index (χ4n) is 4.48. The van der Waals surface area contributed by atoms with E-state index in [1.807, 2.05) is 60.7 Å². The molecule has 30 heavy (non-hydrogen) atoms. The first-order chi connectivity index (χ1) is 14.6. The normalized spacial score (nSPS) is 23.3. The van der Waals surface area contributed by atoms with E-state index in [0.29, 0.717) is 27.7 Å². The molecule has 0 fully saturated rings. The minimum Gasteiger partial charge on any atom is -0.298 e. The average molecular weight is 433 g/mol. The maximum atomic E-state index is 12.1. The highest BCUT2D eigenvalue weighted by Gasteiger charge is 2.52. The van der Waals surface area contributed by atoms with Gasteiger partial charge in [-0.25, -0.2) is 0 Å². The van der Waals surface area contributed by atoms with Crippen molar-refractivity contribution in [3.63, 3.8) is 0 Å². The Bertz CT molecular complexity index is 1120. The number of pyridine rings is 1. The van der Waals surface area contributed by atoms with Gasteiger partial charge in [0.2, 0.25) is 0 Å². The molecule has 3 aromatic rings. The number of carbonyl (C=O) groups is 1. The molecular weight excluding hydrogens is 415 g/mol. The van der Waals surface area contributed by atoms with Gasteiger partial charge in [0.05, 0.1) is 11.8 Å². The van der Waals surface area contributed by atoms with Gasteiger partial charge in [0.1, 0.15) is 11.7 Å². The van der Waals surface area contributed by atoms with E-state index < -0.39 is 11.3 Å². The molecule has 1 heterocycles. The zero-order valence-electron chi connectivity index (χ0n) is 16.0. The lowest BCUT2D eigenvalue weighted by molar-refractivity contribution is -0.105. The van der Waals surface area contributed by atoms with Gasteiger partial charge in [-0.1, -0.05) is 59.6 Å². The standard InChI is InChI=1S/C25H18Cl2N2O/c26-20-9-4-17(5-10-20)22-13-8-19(15-30)24(18-6-11-21(27)12-7-18)25(22,16-28)23-3-1-2-14-29-23/h1-12,14-15,22,24H,13H2/t22-,24+,25+/m0/s1. The zero-order chi connectivity index (χ0) is 21.1. The van der Waals surface area contributed by atoms with Crippen molar-refractivity contribution in [1.82, 2.24) is 4.98 Å². The summed E-state index contributed by atoms with van der Waals surface area (Å²) in [5, 5.41) is 11.9. The van der Waals surface area contributed by atoms with Gasteiger partial charge in [0, 0.05) is 28.1 Å². The molecule has 148 valence electrons. The molecular formula is C25H18Cl2N2O. The van der Waals surface area contributed by atoms with Crippen LogP contribution in [0.1, 0.15) is 35.1 Å². The molecule has 1 aliphatic rings. The van der Waals surface area contributed by atoms with Crippen LogP contribution in [0.3, 0.4) is 0 Å². The number of halogens is 2. The van der Waals surface area contributed by atoms with Crippen molar-refractivity contribution in [3.8, 4) is 6.07 Å². The molecule has 1 aromatic heterocycles. The highest BCUT2D eigenvalue weighted by atomic mass is 35.5. The number of benzene rings is 2. The molecule has 1 aliphatic carbocycles. The number of hydrogen-bond acceptors (Lipinski definition) is 3. The number of allylic oxidation sites excluding steroid dienone is 2. The van der Waals surface area contributed by atoms with Crippen LogP contribution in [-0.4, -0.2) is 11.3 Å². The first-order valence-electron chi connectivity index (χ1n) is 9.59. The van der Waals surface area contributed by atoms with E-state index in [2.05, 4.69) is 11.1 Å². The smallest absolute Gasteiger partial charge is 0.146 e. The topological polar surface area (TPSA) is 53.8 Å². The minimum atomic E-state index is -1.08. The highest BCUT2D eigenvalue weighted by molar-refractivity contribution is 6.30. The summed E-state index contributed by atoms with van der Waals surface area (Å²) < 4.78 is 0. The molecule has 0 saturated carbocycles. The predicted octanol–water partition coefficient (Wildman–Crippen LogP) is 6.25. The van der Waals surface area contributed by atoms with Crippen molar-refractivity contribution in [2.75, 3.05) is 0 Å².